The van der Waals surface area contributed by atoms with Crippen molar-refractivity contribution in [3.05, 3.63) is 29.1 Å². The summed E-state index contributed by atoms with van der Waals surface area (Å²) >= 11 is 1.49. The molecule has 1 aromatic heterocycles. The lowest BCUT2D eigenvalue weighted by Gasteiger charge is -2.04. The number of anilines is 1. The number of carbonyl (C=O) groups excluding carboxylic acids is 1. The molecule has 0 bridgehead atoms. The van der Waals surface area contributed by atoms with E-state index in [0.717, 1.165) is 21.9 Å². The molecule has 0 aliphatic carbocycles. The van der Waals surface area contributed by atoms with Crippen molar-refractivity contribution in [3.8, 4) is 17.0 Å². The Morgan fingerprint density at radius 1 is 1.30 bits per heavy atom. The van der Waals surface area contributed by atoms with Crippen LogP contribution in [-0.2, 0) is 4.79 Å². The molecule has 0 unspecified atom stereocenters. The summed E-state index contributed by atoms with van der Waals surface area (Å²) in [5, 5.41) is 3.45. The zero-order valence-electron chi connectivity index (χ0n) is 11.9. The molecule has 106 valence electrons. The highest BCUT2D eigenvalue weighted by molar-refractivity contribution is 7.16. The number of aromatic nitrogens is 1. The van der Waals surface area contributed by atoms with Gasteiger partial charge in [-0.1, -0.05) is 6.92 Å². The van der Waals surface area contributed by atoms with E-state index in [0.29, 0.717) is 18.2 Å². The standard InChI is InChI=1S/C15H18N2O2S/c1-4-13(18)16-15-17-14(10(3)20-15)11-6-8-12(9-7-11)19-5-2/h6-9H,4-5H2,1-3H3,(H,16,17,18). The maximum Gasteiger partial charge on any atom is 0.225 e. The van der Waals surface area contributed by atoms with Crippen LogP contribution in [0.25, 0.3) is 11.3 Å². The van der Waals surface area contributed by atoms with Crippen LogP contribution in [0.2, 0.25) is 0 Å². The highest BCUT2D eigenvalue weighted by atomic mass is 32.1. The van der Waals surface area contributed by atoms with Gasteiger partial charge in [-0.05, 0) is 38.1 Å². The fraction of sp³-hybridized carbons (Fsp3) is 0.333. The largest absolute Gasteiger partial charge is 0.494 e. The number of rotatable bonds is 5. The van der Waals surface area contributed by atoms with Crippen molar-refractivity contribution < 1.29 is 9.53 Å². The third kappa shape index (κ3) is 3.36. The van der Waals surface area contributed by atoms with Crippen molar-refractivity contribution in [1.29, 1.82) is 0 Å². The van der Waals surface area contributed by atoms with Gasteiger partial charge in [0, 0.05) is 16.9 Å². The molecule has 2 aromatic rings. The maximum atomic E-state index is 11.4. The molecule has 0 fully saturated rings. The minimum atomic E-state index is -0.0167. The van der Waals surface area contributed by atoms with Crippen LogP contribution in [0.15, 0.2) is 24.3 Å². The number of hydrogen-bond acceptors (Lipinski definition) is 4. The number of nitrogens with zero attached hydrogens (tertiary/aromatic N) is 1. The van der Waals surface area contributed by atoms with Gasteiger partial charge in [0.25, 0.3) is 0 Å². The Morgan fingerprint density at radius 2 is 2.00 bits per heavy atom. The molecule has 0 saturated heterocycles. The van der Waals surface area contributed by atoms with E-state index in [1.54, 1.807) is 0 Å². The summed E-state index contributed by atoms with van der Waals surface area (Å²) in [7, 11) is 0. The number of nitrogens with one attached hydrogen (secondary N) is 1. The zero-order chi connectivity index (χ0) is 14.5. The Bertz CT molecular complexity index is 590. The fourth-order valence-corrected chi connectivity index (χ4v) is 2.65. The summed E-state index contributed by atoms with van der Waals surface area (Å²) in [6.07, 6.45) is 0.455. The van der Waals surface area contributed by atoms with E-state index in [-0.39, 0.29) is 5.91 Å². The fourth-order valence-electron chi connectivity index (χ4n) is 1.80. The van der Waals surface area contributed by atoms with E-state index < -0.39 is 0 Å². The van der Waals surface area contributed by atoms with Crippen LogP contribution in [0, 0.1) is 6.92 Å². The van der Waals surface area contributed by atoms with E-state index in [1.165, 1.54) is 11.3 Å². The minimum Gasteiger partial charge on any atom is -0.494 e. The van der Waals surface area contributed by atoms with Gasteiger partial charge >= 0.3 is 0 Å². The molecule has 0 spiro atoms. The number of benzene rings is 1. The topological polar surface area (TPSA) is 51.2 Å². The van der Waals surface area contributed by atoms with Gasteiger partial charge in [0.15, 0.2) is 5.13 Å². The first kappa shape index (κ1) is 14.5. The monoisotopic (exact) mass is 290 g/mol. The van der Waals surface area contributed by atoms with Gasteiger partial charge in [-0.2, -0.15) is 0 Å². The molecule has 0 aliphatic heterocycles. The van der Waals surface area contributed by atoms with Crippen LogP contribution in [-0.4, -0.2) is 17.5 Å². The molecule has 0 atom stereocenters. The Balaban J connectivity index is 2.21. The number of ether oxygens (including phenoxy) is 1. The molecular formula is C15H18N2O2S. The summed E-state index contributed by atoms with van der Waals surface area (Å²) in [5.41, 5.74) is 1.93. The Kier molecular flexibility index (Phi) is 4.74. The quantitative estimate of drug-likeness (QED) is 0.909. The number of aryl methyl sites for hydroxylation is 1. The zero-order valence-corrected chi connectivity index (χ0v) is 12.7. The Hall–Kier alpha value is -1.88. The number of amides is 1. The van der Waals surface area contributed by atoms with Gasteiger partial charge in [-0.3, -0.25) is 4.79 Å². The normalized spacial score (nSPS) is 10.3. The van der Waals surface area contributed by atoms with Crippen LogP contribution in [0.4, 0.5) is 5.13 Å². The molecule has 20 heavy (non-hydrogen) atoms. The van der Waals surface area contributed by atoms with Crippen molar-refractivity contribution in [2.75, 3.05) is 11.9 Å². The van der Waals surface area contributed by atoms with E-state index in [9.17, 15) is 4.79 Å². The van der Waals surface area contributed by atoms with E-state index >= 15 is 0 Å². The van der Waals surface area contributed by atoms with Crippen molar-refractivity contribution in [2.24, 2.45) is 0 Å². The summed E-state index contributed by atoms with van der Waals surface area (Å²) < 4.78 is 5.42. The maximum absolute atomic E-state index is 11.4. The number of hydrogen-bond donors (Lipinski definition) is 1. The van der Waals surface area contributed by atoms with Gasteiger partial charge in [0.1, 0.15) is 5.75 Å². The van der Waals surface area contributed by atoms with Crippen molar-refractivity contribution in [3.63, 3.8) is 0 Å². The molecule has 1 amide bonds. The average molecular weight is 290 g/mol. The third-order valence-electron chi connectivity index (χ3n) is 2.80. The predicted molar refractivity (Wildman–Crippen MR) is 82.4 cm³/mol. The molecule has 0 aliphatic rings. The van der Waals surface area contributed by atoms with Crippen molar-refractivity contribution in [1.82, 2.24) is 4.98 Å². The lowest BCUT2D eigenvalue weighted by atomic mass is 10.1. The van der Waals surface area contributed by atoms with Crippen LogP contribution in [0.5, 0.6) is 5.75 Å². The van der Waals surface area contributed by atoms with Gasteiger partial charge in [0.2, 0.25) is 5.91 Å². The lowest BCUT2D eigenvalue weighted by molar-refractivity contribution is -0.115. The first-order valence-corrected chi connectivity index (χ1v) is 7.46. The van der Waals surface area contributed by atoms with E-state index in [4.69, 9.17) is 4.74 Å². The first-order valence-electron chi connectivity index (χ1n) is 6.64. The van der Waals surface area contributed by atoms with Gasteiger partial charge < -0.3 is 10.1 Å². The molecule has 0 radical (unpaired) electrons. The second-order valence-corrected chi connectivity index (χ2v) is 5.49. The molecule has 1 heterocycles. The van der Waals surface area contributed by atoms with Crippen LogP contribution in [0.1, 0.15) is 25.1 Å². The van der Waals surface area contributed by atoms with Crippen molar-refractivity contribution >= 4 is 22.4 Å². The Labute approximate surface area is 122 Å². The third-order valence-corrected chi connectivity index (χ3v) is 3.69. The molecule has 1 N–H and O–H groups in total. The highest BCUT2D eigenvalue weighted by Gasteiger charge is 2.11. The molecular weight excluding hydrogens is 272 g/mol. The molecule has 5 heteroatoms. The number of carbonyl (C=O) groups is 1. The second-order valence-electron chi connectivity index (χ2n) is 4.28. The van der Waals surface area contributed by atoms with Gasteiger partial charge in [-0.25, -0.2) is 4.98 Å². The molecule has 0 saturated carbocycles. The first-order chi connectivity index (χ1) is 9.63. The summed E-state index contributed by atoms with van der Waals surface area (Å²) in [5.74, 6) is 0.834. The van der Waals surface area contributed by atoms with Crippen LogP contribution in [0.3, 0.4) is 0 Å². The average Bonchev–Trinajstić information content (AvgIpc) is 2.80. The highest BCUT2D eigenvalue weighted by Crippen LogP contribution is 2.31. The van der Waals surface area contributed by atoms with E-state index in [2.05, 4.69) is 10.3 Å². The Morgan fingerprint density at radius 3 is 2.60 bits per heavy atom. The summed E-state index contributed by atoms with van der Waals surface area (Å²) in [4.78, 5) is 17.0. The smallest absolute Gasteiger partial charge is 0.225 e. The SMILES string of the molecule is CCOc1ccc(-c2nc(NC(=O)CC)sc2C)cc1. The van der Waals surface area contributed by atoms with Crippen LogP contribution < -0.4 is 10.1 Å². The van der Waals surface area contributed by atoms with Gasteiger partial charge in [0.05, 0.1) is 12.3 Å². The second kappa shape index (κ2) is 6.52. The lowest BCUT2D eigenvalue weighted by Crippen LogP contribution is -2.08. The predicted octanol–water partition coefficient (Wildman–Crippen LogP) is 3.87. The molecule has 4 nitrogen and oxygen atoms in total. The van der Waals surface area contributed by atoms with Gasteiger partial charge in [-0.15, -0.1) is 11.3 Å². The summed E-state index contributed by atoms with van der Waals surface area (Å²) in [6.45, 7) is 6.44. The number of thiazole rings is 1. The minimum absolute atomic E-state index is 0.0167. The van der Waals surface area contributed by atoms with Crippen molar-refractivity contribution in [2.45, 2.75) is 27.2 Å². The summed E-state index contributed by atoms with van der Waals surface area (Å²) in [6, 6.07) is 7.83. The van der Waals surface area contributed by atoms with Crippen LogP contribution >= 0.6 is 11.3 Å². The van der Waals surface area contributed by atoms with E-state index in [1.807, 2.05) is 45.0 Å². The molecule has 1 aromatic carbocycles. The molecule has 2 rings (SSSR count).